The number of benzene rings is 2. The number of sulfonamides is 1. The number of nitrogens with one attached hydrogen (secondary N) is 2. The van der Waals surface area contributed by atoms with E-state index >= 15 is 0 Å². The number of nitrogens with zero attached hydrogens (tertiary/aromatic N) is 2. The molecule has 2 N–H and O–H groups in total. The predicted molar refractivity (Wildman–Crippen MR) is 137 cm³/mol. The molecule has 36 heavy (non-hydrogen) atoms. The fraction of sp³-hybridized carbons (Fsp3) is 0.308. The minimum atomic E-state index is -3.62. The number of aromatic amines is 1. The van der Waals surface area contributed by atoms with Gasteiger partial charge in [0.2, 0.25) is 15.9 Å². The lowest BCUT2D eigenvalue weighted by atomic mass is 10.0. The molecule has 0 unspecified atom stereocenters. The lowest BCUT2D eigenvalue weighted by Crippen LogP contribution is -2.32. The van der Waals surface area contributed by atoms with Crippen molar-refractivity contribution in [3.8, 4) is 22.7 Å². The number of hydrogen-bond acceptors (Lipinski definition) is 5. The summed E-state index contributed by atoms with van der Waals surface area (Å²) in [5, 5.41) is 3.37. The molecule has 1 fully saturated rings. The van der Waals surface area contributed by atoms with Gasteiger partial charge in [-0.25, -0.2) is 17.8 Å². The molecule has 5 rings (SSSR count). The number of halogens is 1. The summed E-state index contributed by atoms with van der Waals surface area (Å²) in [5.41, 5.74) is 3.40. The van der Waals surface area contributed by atoms with Crippen molar-refractivity contribution >= 4 is 32.6 Å². The molecule has 2 aromatic carbocycles. The van der Waals surface area contributed by atoms with Crippen LogP contribution >= 0.6 is 0 Å². The molecule has 0 bridgehead atoms. The van der Waals surface area contributed by atoms with E-state index in [0.29, 0.717) is 34.8 Å². The maximum atomic E-state index is 13.6. The average Bonchev–Trinajstić information content (AvgIpc) is 3.42. The van der Waals surface area contributed by atoms with Crippen molar-refractivity contribution in [1.82, 2.24) is 15.3 Å². The SMILES string of the molecule is CNC(=O)CCCN(c1cc2oc(-c3ccc(F)cc3)c(-c3ncc[nH]3)c2cc1C1CC1)S(C)(=O)=O. The second-order valence-corrected chi connectivity index (χ2v) is 11.0. The Morgan fingerprint density at radius 3 is 2.61 bits per heavy atom. The van der Waals surface area contributed by atoms with E-state index in [0.717, 1.165) is 29.4 Å². The zero-order valence-electron chi connectivity index (χ0n) is 20.0. The van der Waals surface area contributed by atoms with E-state index in [2.05, 4.69) is 15.3 Å². The molecule has 1 saturated carbocycles. The van der Waals surface area contributed by atoms with Gasteiger partial charge in [0.15, 0.2) is 0 Å². The van der Waals surface area contributed by atoms with Gasteiger partial charge in [0.1, 0.15) is 23.0 Å². The maximum Gasteiger partial charge on any atom is 0.232 e. The highest BCUT2D eigenvalue weighted by Crippen LogP contribution is 2.49. The molecule has 4 aromatic rings. The highest BCUT2D eigenvalue weighted by atomic mass is 32.2. The van der Waals surface area contributed by atoms with Crippen LogP contribution in [0.1, 0.15) is 37.2 Å². The Morgan fingerprint density at radius 2 is 2.00 bits per heavy atom. The Balaban J connectivity index is 1.68. The van der Waals surface area contributed by atoms with Gasteiger partial charge in [0.25, 0.3) is 0 Å². The fourth-order valence-electron chi connectivity index (χ4n) is 4.50. The molecule has 0 spiro atoms. The molecule has 0 atom stereocenters. The fourth-order valence-corrected chi connectivity index (χ4v) is 5.48. The Kier molecular flexibility index (Phi) is 6.29. The van der Waals surface area contributed by atoms with Gasteiger partial charge in [-0.1, -0.05) is 0 Å². The first-order valence-electron chi connectivity index (χ1n) is 11.8. The molecule has 10 heteroatoms. The zero-order chi connectivity index (χ0) is 25.4. The van der Waals surface area contributed by atoms with Crippen LogP contribution < -0.4 is 9.62 Å². The number of hydrogen-bond donors (Lipinski definition) is 2. The first-order chi connectivity index (χ1) is 17.3. The maximum absolute atomic E-state index is 13.6. The Bertz CT molecular complexity index is 1510. The number of carbonyl (C=O) groups is 1. The van der Waals surface area contributed by atoms with Crippen LogP contribution in [0.4, 0.5) is 10.1 Å². The standard InChI is InChI=1S/C26H27FN4O4S/c1-28-23(32)4-3-13-31(36(2,33)34)21-15-22-20(14-19(21)16-5-6-16)24(26-29-11-12-30-26)25(35-22)17-7-9-18(27)10-8-17/h7-12,14-16H,3-6,13H2,1-2H3,(H,28,32)(H,29,30). The van der Waals surface area contributed by atoms with Gasteiger partial charge >= 0.3 is 0 Å². The largest absolute Gasteiger partial charge is 0.455 e. The number of anilines is 1. The number of carbonyl (C=O) groups excluding carboxylic acids is 1. The summed E-state index contributed by atoms with van der Waals surface area (Å²) < 4.78 is 47.0. The monoisotopic (exact) mass is 510 g/mol. The van der Waals surface area contributed by atoms with E-state index in [4.69, 9.17) is 4.42 Å². The third kappa shape index (κ3) is 4.73. The zero-order valence-corrected chi connectivity index (χ0v) is 20.9. The van der Waals surface area contributed by atoms with Gasteiger partial charge in [-0.2, -0.15) is 0 Å². The van der Waals surface area contributed by atoms with Gasteiger partial charge in [-0.15, -0.1) is 0 Å². The minimum absolute atomic E-state index is 0.139. The molecule has 0 aliphatic heterocycles. The van der Waals surface area contributed by atoms with Gasteiger partial charge in [-0.05, 0) is 61.1 Å². The van der Waals surface area contributed by atoms with Crippen molar-refractivity contribution in [2.75, 3.05) is 24.2 Å². The number of rotatable bonds is 9. The van der Waals surface area contributed by atoms with Crippen LogP contribution in [0.15, 0.2) is 53.2 Å². The smallest absolute Gasteiger partial charge is 0.232 e. The summed E-state index contributed by atoms with van der Waals surface area (Å²) in [4.78, 5) is 19.3. The van der Waals surface area contributed by atoms with Crippen LogP contribution in [0.25, 0.3) is 33.7 Å². The molecule has 2 heterocycles. The van der Waals surface area contributed by atoms with Crippen molar-refractivity contribution in [2.24, 2.45) is 0 Å². The topological polar surface area (TPSA) is 108 Å². The third-order valence-corrected chi connectivity index (χ3v) is 7.59. The molecule has 1 aliphatic carbocycles. The lowest BCUT2D eigenvalue weighted by molar-refractivity contribution is -0.120. The highest BCUT2D eigenvalue weighted by molar-refractivity contribution is 7.92. The number of fused-ring (bicyclic) bond motifs is 1. The molecule has 0 saturated heterocycles. The first kappa shape index (κ1) is 24.1. The molecule has 1 amide bonds. The number of imidazole rings is 1. The third-order valence-electron chi connectivity index (χ3n) is 6.41. The van der Waals surface area contributed by atoms with Crippen molar-refractivity contribution in [3.63, 3.8) is 0 Å². The summed E-state index contributed by atoms with van der Waals surface area (Å²) in [5.74, 6) is 0.867. The lowest BCUT2D eigenvalue weighted by Gasteiger charge is -2.25. The summed E-state index contributed by atoms with van der Waals surface area (Å²) in [6, 6.07) is 9.78. The Labute approximate surface area is 208 Å². The number of H-pyrrole nitrogens is 1. The van der Waals surface area contributed by atoms with Gasteiger partial charge in [-0.3, -0.25) is 9.10 Å². The van der Waals surface area contributed by atoms with E-state index in [-0.39, 0.29) is 30.6 Å². The predicted octanol–water partition coefficient (Wildman–Crippen LogP) is 4.80. The quantitative estimate of drug-likeness (QED) is 0.336. The number of aromatic nitrogens is 2. The molecule has 2 aromatic heterocycles. The van der Waals surface area contributed by atoms with Crippen molar-refractivity contribution in [3.05, 3.63) is 60.2 Å². The van der Waals surface area contributed by atoms with Crippen LogP contribution in [0, 0.1) is 5.82 Å². The minimum Gasteiger partial charge on any atom is -0.455 e. The van der Waals surface area contributed by atoms with E-state index < -0.39 is 10.0 Å². The van der Waals surface area contributed by atoms with E-state index in [1.807, 2.05) is 6.07 Å². The highest BCUT2D eigenvalue weighted by Gasteiger charge is 2.32. The van der Waals surface area contributed by atoms with E-state index in [1.54, 1.807) is 37.6 Å². The van der Waals surface area contributed by atoms with Crippen molar-refractivity contribution < 1.29 is 22.0 Å². The normalized spacial score (nSPS) is 13.8. The van der Waals surface area contributed by atoms with Gasteiger partial charge in [0, 0.05) is 49.4 Å². The summed E-state index contributed by atoms with van der Waals surface area (Å²) >= 11 is 0. The second kappa shape index (κ2) is 9.42. The van der Waals surface area contributed by atoms with Crippen molar-refractivity contribution in [1.29, 1.82) is 0 Å². The molecule has 188 valence electrons. The molecule has 1 aliphatic rings. The molecular formula is C26H27FN4O4S. The Hall–Kier alpha value is -3.66. The van der Waals surface area contributed by atoms with Gasteiger partial charge in [0.05, 0.1) is 17.5 Å². The van der Waals surface area contributed by atoms with Crippen LogP contribution in [-0.2, 0) is 14.8 Å². The van der Waals surface area contributed by atoms with Crippen LogP contribution in [0.5, 0.6) is 0 Å². The second-order valence-electron chi connectivity index (χ2n) is 9.04. The van der Waals surface area contributed by atoms with Crippen LogP contribution in [-0.4, -0.2) is 44.1 Å². The number of amides is 1. The molecule has 0 radical (unpaired) electrons. The van der Waals surface area contributed by atoms with E-state index in [9.17, 15) is 17.6 Å². The molecular weight excluding hydrogens is 483 g/mol. The van der Waals surface area contributed by atoms with Gasteiger partial charge < -0.3 is 14.7 Å². The van der Waals surface area contributed by atoms with E-state index in [1.165, 1.54) is 22.7 Å². The molecule has 8 nitrogen and oxygen atoms in total. The average molecular weight is 511 g/mol. The number of furan rings is 1. The van der Waals surface area contributed by atoms with Crippen LogP contribution in [0.3, 0.4) is 0 Å². The van der Waals surface area contributed by atoms with Crippen molar-refractivity contribution in [2.45, 2.75) is 31.6 Å². The summed E-state index contributed by atoms with van der Waals surface area (Å²) in [6.07, 6.45) is 7.08. The summed E-state index contributed by atoms with van der Waals surface area (Å²) in [6.45, 7) is 0.175. The van der Waals surface area contributed by atoms with Crippen LogP contribution in [0.2, 0.25) is 0 Å². The summed E-state index contributed by atoms with van der Waals surface area (Å²) in [7, 11) is -2.07. The first-order valence-corrected chi connectivity index (χ1v) is 13.7. The Morgan fingerprint density at radius 1 is 1.25 bits per heavy atom.